The second kappa shape index (κ2) is 7.98. The van der Waals surface area contributed by atoms with Crippen LogP contribution in [0.5, 0.6) is 0 Å². The SMILES string of the molecule is N#CCc1ccc(NC(=O)CCc2ccc(-c3ccccc3)o2)cc1. The van der Waals surface area contributed by atoms with Crippen molar-refractivity contribution < 1.29 is 9.21 Å². The van der Waals surface area contributed by atoms with Gasteiger partial charge in [-0.2, -0.15) is 5.26 Å². The predicted molar refractivity (Wildman–Crippen MR) is 96.9 cm³/mol. The van der Waals surface area contributed by atoms with Crippen LogP contribution in [0.4, 0.5) is 5.69 Å². The highest BCUT2D eigenvalue weighted by atomic mass is 16.3. The molecule has 0 unspecified atom stereocenters. The molecule has 124 valence electrons. The Morgan fingerprint density at radius 2 is 1.76 bits per heavy atom. The van der Waals surface area contributed by atoms with Gasteiger partial charge in [-0.3, -0.25) is 4.79 Å². The van der Waals surface area contributed by atoms with Crippen molar-refractivity contribution in [3.05, 3.63) is 78.1 Å². The van der Waals surface area contributed by atoms with Crippen LogP contribution in [0.25, 0.3) is 11.3 Å². The summed E-state index contributed by atoms with van der Waals surface area (Å²) in [4.78, 5) is 12.1. The van der Waals surface area contributed by atoms with E-state index >= 15 is 0 Å². The van der Waals surface area contributed by atoms with Crippen LogP contribution in [0.2, 0.25) is 0 Å². The van der Waals surface area contributed by atoms with E-state index in [0.29, 0.717) is 19.3 Å². The molecule has 3 rings (SSSR count). The zero-order valence-corrected chi connectivity index (χ0v) is 13.7. The van der Waals surface area contributed by atoms with E-state index in [0.717, 1.165) is 28.3 Å². The molecule has 0 aliphatic heterocycles. The van der Waals surface area contributed by atoms with Crippen LogP contribution in [0.1, 0.15) is 17.7 Å². The van der Waals surface area contributed by atoms with Gasteiger partial charge in [-0.25, -0.2) is 0 Å². The molecule has 1 aromatic heterocycles. The van der Waals surface area contributed by atoms with E-state index in [1.54, 1.807) is 0 Å². The number of hydrogen-bond donors (Lipinski definition) is 1. The van der Waals surface area contributed by atoms with E-state index in [9.17, 15) is 4.79 Å². The van der Waals surface area contributed by atoms with Gasteiger partial charge in [-0.05, 0) is 29.8 Å². The Balaban J connectivity index is 1.52. The second-order valence-corrected chi connectivity index (χ2v) is 5.71. The maximum atomic E-state index is 12.1. The third-order valence-corrected chi connectivity index (χ3v) is 3.84. The lowest BCUT2D eigenvalue weighted by atomic mass is 10.1. The third kappa shape index (κ3) is 4.58. The standard InChI is InChI=1S/C21H18N2O2/c22-15-14-16-6-8-18(9-7-16)23-21(24)13-11-19-10-12-20(25-19)17-4-2-1-3-5-17/h1-10,12H,11,13-14H2,(H,23,24). The third-order valence-electron chi connectivity index (χ3n) is 3.84. The van der Waals surface area contributed by atoms with E-state index in [-0.39, 0.29) is 5.91 Å². The maximum absolute atomic E-state index is 12.1. The molecule has 3 aromatic rings. The fourth-order valence-electron chi connectivity index (χ4n) is 2.53. The summed E-state index contributed by atoms with van der Waals surface area (Å²) in [5.41, 5.74) is 2.69. The van der Waals surface area contributed by atoms with Crippen molar-refractivity contribution >= 4 is 11.6 Å². The van der Waals surface area contributed by atoms with Crippen LogP contribution in [0.3, 0.4) is 0 Å². The number of hydrogen-bond acceptors (Lipinski definition) is 3. The van der Waals surface area contributed by atoms with Gasteiger partial charge in [0.25, 0.3) is 0 Å². The molecule has 4 heteroatoms. The van der Waals surface area contributed by atoms with E-state index in [4.69, 9.17) is 9.68 Å². The molecule has 0 saturated carbocycles. The summed E-state index contributed by atoms with van der Waals surface area (Å²) in [6.07, 6.45) is 1.27. The van der Waals surface area contributed by atoms with E-state index < -0.39 is 0 Å². The van der Waals surface area contributed by atoms with Crippen molar-refractivity contribution in [2.24, 2.45) is 0 Å². The molecule has 1 N–H and O–H groups in total. The molecule has 0 aliphatic rings. The minimum Gasteiger partial charge on any atom is -0.461 e. The number of furan rings is 1. The van der Waals surface area contributed by atoms with Crippen LogP contribution < -0.4 is 5.32 Å². The predicted octanol–water partition coefficient (Wildman–Crippen LogP) is 4.58. The Morgan fingerprint density at radius 1 is 1.00 bits per heavy atom. The summed E-state index contributed by atoms with van der Waals surface area (Å²) >= 11 is 0. The van der Waals surface area contributed by atoms with Crippen LogP contribution >= 0.6 is 0 Å². The first kappa shape index (κ1) is 16.5. The van der Waals surface area contributed by atoms with Crippen molar-refractivity contribution in [2.45, 2.75) is 19.3 Å². The number of nitriles is 1. The fraction of sp³-hybridized carbons (Fsp3) is 0.143. The molecule has 4 nitrogen and oxygen atoms in total. The zero-order valence-electron chi connectivity index (χ0n) is 13.7. The highest BCUT2D eigenvalue weighted by molar-refractivity contribution is 5.90. The Labute approximate surface area is 146 Å². The van der Waals surface area contributed by atoms with Crippen molar-refractivity contribution in [2.75, 3.05) is 5.32 Å². The van der Waals surface area contributed by atoms with Gasteiger partial charge in [0, 0.05) is 24.1 Å². The number of carbonyl (C=O) groups excluding carboxylic acids is 1. The number of aryl methyl sites for hydroxylation is 1. The lowest BCUT2D eigenvalue weighted by Crippen LogP contribution is -2.12. The molecule has 1 heterocycles. The topological polar surface area (TPSA) is 66.0 Å². The van der Waals surface area contributed by atoms with Crippen molar-refractivity contribution in [1.82, 2.24) is 0 Å². The van der Waals surface area contributed by atoms with E-state index in [2.05, 4.69) is 11.4 Å². The molecule has 25 heavy (non-hydrogen) atoms. The molecule has 0 spiro atoms. The van der Waals surface area contributed by atoms with Crippen LogP contribution in [0, 0.1) is 11.3 Å². The van der Waals surface area contributed by atoms with Gasteiger partial charge in [0.2, 0.25) is 5.91 Å². The first-order valence-electron chi connectivity index (χ1n) is 8.14. The first-order chi connectivity index (χ1) is 12.2. The number of nitrogens with zero attached hydrogens (tertiary/aromatic N) is 1. The smallest absolute Gasteiger partial charge is 0.224 e. The Hall–Kier alpha value is -3.32. The molecule has 1 amide bonds. The minimum atomic E-state index is -0.0642. The van der Waals surface area contributed by atoms with Gasteiger partial charge in [0.1, 0.15) is 11.5 Å². The number of carbonyl (C=O) groups is 1. The van der Waals surface area contributed by atoms with Crippen LogP contribution in [-0.4, -0.2) is 5.91 Å². The molecule has 0 aliphatic carbocycles. The molecule has 0 fully saturated rings. The molecule has 0 saturated heterocycles. The summed E-state index contributed by atoms with van der Waals surface area (Å²) in [5, 5.41) is 11.5. The second-order valence-electron chi connectivity index (χ2n) is 5.71. The summed E-state index contributed by atoms with van der Waals surface area (Å²) in [7, 11) is 0. The number of benzene rings is 2. The quantitative estimate of drug-likeness (QED) is 0.719. The minimum absolute atomic E-state index is 0.0642. The average Bonchev–Trinajstić information content (AvgIpc) is 3.12. The molecular weight excluding hydrogens is 312 g/mol. The Bertz CT molecular complexity index is 874. The van der Waals surface area contributed by atoms with Gasteiger partial charge < -0.3 is 9.73 Å². The normalized spacial score (nSPS) is 10.2. The van der Waals surface area contributed by atoms with Gasteiger partial charge in [0.15, 0.2) is 0 Å². The van der Waals surface area contributed by atoms with Crippen molar-refractivity contribution in [1.29, 1.82) is 5.26 Å². The molecular formula is C21H18N2O2. The molecule has 0 atom stereocenters. The largest absolute Gasteiger partial charge is 0.461 e. The molecule has 2 aromatic carbocycles. The summed E-state index contributed by atoms with van der Waals surface area (Å²) < 4.78 is 5.80. The first-order valence-corrected chi connectivity index (χ1v) is 8.14. The van der Waals surface area contributed by atoms with E-state index in [1.807, 2.05) is 66.7 Å². The Morgan fingerprint density at radius 3 is 2.48 bits per heavy atom. The van der Waals surface area contributed by atoms with Gasteiger partial charge in [0.05, 0.1) is 12.5 Å². The lowest BCUT2D eigenvalue weighted by molar-refractivity contribution is -0.116. The summed E-state index contributed by atoms with van der Waals surface area (Å²) in [6, 6.07) is 23.1. The zero-order chi connectivity index (χ0) is 17.5. The Kier molecular flexibility index (Phi) is 5.28. The number of amides is 1. The van der Waals surface area contributed by atoms with Crippen LogP contribution in [-0.2, 0) is 17.6 Å². The van der Waals surface area contributed by atoms with Crippen molar-refractivity contribution in [3.63, 3.8) is 0 Å². The fourth-order valence-corrected chi connectivity index (χ4v) is 2.53. The van der Waals surface area contributed by atoms with E-state index in [1.165, 1.54) is 0 Å². The maximum Gasteiger partial charge on any atom is 0.224 e. The average molecular weight is 330 g/mol. The van der Waals surface area contributed by atoms with Gasteiger partial charge >= 0.3 is 0 Å². The highest BCUT2D eigenvalue weighted by Gasteiger charge is 2.08. The van der Waals surface area contributed by atoms with Gasteiger partial charge in [-0.1, -0.05) is 42.5 Å². The highest BCUT2D eigenvalue weighted by Crippen LogP contribution is 2.22. The number of anilines is 1. The van der Waals surface area contributed by atoms with Gasteiger partial charge in [-0.15, -0.1) is 0 Å². The van der Waals surface area contributed by atoms with Crippen LogP contribution in [0.15, 0.2) is 71.1 Å². The summed E-state index contributed by atoms with van der Waals surface area (Å²) in [6.45, 7) is 0. The lowest BCUT2D eigenvalue weighted by Gasteiger charge is -2.05. The summed E-state index contributed by atoms with van der Waals surface area (Å²) in [5.74, 6) is 1.54. The molecule has 0 bridgehead atoms. The number of rotatable bonds is 6. The monoisotopic (exact) mass is 330 g/mol. The number of nitrogens with one attached hydrogen (secondary N) is 1. The molecule has 0 radical (unpaired) electrons. The van der Waals surface area contributed by atoms with Crippen molar-refractivity contribution in [3.8, 4) is 17.4 Å².